The number of hydrogen-bond acceptors (Lipinski definition) is 9. The van der Waals surface area contributed by atoms with E-state index in [1.165, 1.54) is 25.7 Å². The monoisotopic (exact) mass is 617 g/mol. The van der Waals surface area contributed by atoms with Gasteiger partial charge in [-0.1, -0.05) is 66.9 Å². The summed E-state index contributed by atoms with van der Waals surface area (Å²) in [4.78, 5) is 19.2. The summed E-state index contributed by atoms with van der Waals surface area (Å²) in [5.74, 6) is 1.07. The number of methoxy groups -OCH3 is 1. The van der Waals surface area contributed by atoms with Crippen molar-refractivity contribution in [2.45, 2.75) is 38.5 Å². The van der Waals surface area contributed by atoms with Crippen LogP contribution in [-0.4, -0.2) is 51.6 Å². The summed E-state index contributed by atoms with van der Waals surface area (Å²) in [5, 5.41) is 16.3. The van der Waals surface area contributed by atoms with Crippen molar-refractivity contribution in [3.63, 3.8) is 0 Å². The molecule has 10 nitrogen and oxygen atoms in total. The van der Waals surface area contributed by atoms with E-state index in [1.54, 1.807) is 43.5 Å². The van der Waals surface area contributed by atoms with E-state index in [4.69, 9.17) is 18.7 Å². The fraction of sp³-hybridized carbons (Fsp3) is 0.250. The Morgan fingerprint density at radius 2 is 1.22 bits per heavy atom. The average Bonchev–Trinajstić information content (AvgIpc) is 3.76. The van der Waals surface area contributed by atoms with Gasteiger partial charge in [-0.25, -0.2) is 4.79 Å². The smallest absolute Gasteiger partial charge is 0.365 e. The first-order chi connectivity index (χ1) is 22.7. The van der Waals surface area contributed by atoms with Gasteiger partial charge in [-0.05, 0) is 89.8 Å². The van der Waals surface area contributed by atoms with Crippen LogP contribution in [0.5, 0.6) is 5.75 Å². The van der Waals surface area contributed by atoms with Gasteiger partial charge < -0.3 is 18.7 Å². The van der Waals surface area contributed by atoms with Crippen LogP contribution in [0.2, 0.25) is 0 Å². The van der Waals surface area contributed by atoms with Crippen LogP contribution >= 0.6 is 0 Å². The quantitative estimate of drug-likeness (QED) is 0.0856. The number of para-hydroxylation sites is 1. The van der Waals surface area contributed by atoms with Gasteiger partial charge in [0, 0.05) is 24.8 Å². The molecule has 10 heteroatoms. The van der Waals surface area contributed by atoms with Gasteiger partial charge in [-0.3, -0.25) is 0 Å². The third-order valence-electron chi connectivity index (χ3n) is 7.61. The Bertz CT molecular complexity index is 1850. The zero-order chi connectivity index (χ0) is 31.6. The molecule has 0 aliphatic heterocycles. The minimum atomic E-state index is -0.564. The molecular weight excluding hydrogens is 582 g/mol. The lowest BCUT2D eigenvalue weighted by atomic mass is 10.0. The highest BCUT2D eigenvalue weighted by atomic mass is 16.7. The largest absolute Gasteiger partial charge is 0.494 e. The summed E-state index contributed by atoms with van der Waals surface area (Å²) in [5.41, 5.74) is 5.23. The Kier molecular flexibility index (Phi) is 10.1. The number of carbonyl (C=O) groups is 1. The Balaban J connectivity index is 0.998. The van der Waals surface area contributed by atoms with Crippen molar-refractivity contribution in [3.05, 3.63) is 103 Å². The van der Waals surface area contributed by atoms with E-state index in [-0.39, 0.29) is 0 Å². The molecule has 0 spiro atoms. The highest BCUT2D eigenvalue weighted by Crippen LogP contribution is 2.28. The van der Waals surface area contributed by atoms with Gasteiger partial charge in [0.15, 0.2) is 0 Å². The molecule has 0 N–H and O–H groups in total. The van der Waals surface area contributed by atoms with Crippen LogP contribution in [0.25, 0.3) is 45.1 Å². The second-order valence-electron chi connectivity index (χ2n) is 10.9. The lowest BCUT2D eigenvalue weighted by molar-refractivity contribution is 0.0409. The van der Waals surface area contributed by atoms with Crippen LogP contribution in [0.15, 0.2) is 101 Å². The summed E-state index contributed by atoms with van der Waals surface area (Å²) in [6, 6.07) is 30.1. The molecule has 46 heavy (non-hydrogen) atoms. The molecule has 0 saturated heterocycles. The maximum Gasteiger partial charge on any atom is 0.365 e. The van der Waals surface area contributed by atoms with Crippen molar-refractivity contribution in [1.29, 1.82) is 0 Å². The van der Waals surface area contributed by atoms with Gasteiger partial charge in [0.05, 0.1) is 12.2 Å². The Labute approximate surface area is 266 Å². The molecule has 0 fully saturated rings. The number of fused-ring (bicyclic) bond motifs is 1. The summed E-state index contributed by atoms with van der Waals surface area (Å²) >= 11 is 0. The fourth-order valence-corrected chi connectivity index (χ4v) is 5.05. The number of rotatable bonds is 15. The highest BCUT2D eigenvalue weighted by molar-refractivity contribution is 5.90. The third-order valence-corrected chi connectivity index (χ3v) is 7.61. The molecule has 0 atom stereocenters. The van der Waals surface area contributed by atoms with Crippen molar-refractivity contribution in [1.82, 2.24) is 25.4 Å². The number of aromatic nitrogens is 5. The third kappa shape index (κ3) is 7.65. The SMILES string of the molecule is COCCCCCCCCOc1ccc(-c2ccc(-c3nnc(-c4ccc(C(=O)On5nnc6ccccc65)cc4)o3)cc2)cc1. The second-order valence-corrected chi connectivity index (χ2v) is 10.9. The second kappa shape index (κ2) is 15.1. The predicted molar refractivity (Wildman–Crippen MR) is 174 cm³/mol. The van der Waals surface area contributed by atoms with E-state index >= 15 is 0 Å². The van der Waals surface area contributed by atoms with E-state index in [2.05, 4.69) is 32.6 Å². The van der Waals surface area contributed by atoms with E-state index in [9.17, 15) is 4.79 Å². The van der Waals surface area contributed by atoms with Crippen LogP contribution in [0.1, 0.15) is 48.9 Å². The minimum Gasteiger partial charge on any atom is -0.494 e. The van der Waals surface area contributed by atoms with Crippen molar-refractivity contribution in [3.8, 4) is 39.8 Å². The molecule has 2 aromatic heterocycles. The molecule has 0 unspecified atom stereocenters. The van der Waals surface area contributed by atoms with Crippen LogP contribution < -0.4 is 9.57 Å². The summed E-state index contributed by atoms with van der Waals surface area (Å²) in [6.45, 7) is 1.59. The molecule has 6 rings (SSSR count). The molecule has 6 aromatic rings. The Hall–Kier alpha value is -5.35. The Morgan fingerprint density at radius 1 is 0.652 bits per heavy atom. The first-order valence-corrected chi connectivity index (χ1v) is 15.5. The standard InChI is InChI=1S/C36H35N5O5/c1-43-24-8-4-2-3-5-9-25-44-31-22-20-27(21-23-31)26-12-14-28(15-13-26)34-38-39-35(45-34)29-16-18-30(19-17-29)36(42)46-41-33-11-7-6-10-32(33)37-40-41/h6-7,10-23H,2-5,8-9,24-25H2,1H3. The Morgan fingerprint density at radius 3 is 1.89 bits per heavy atom. The number of unbranched alkanes of at least 4 members (excludes halogenated alkanes) is 5. The summed E-state index contributed by atoms with van der Waals surface area (Å²) < 4.78 is 17.0. The molecule has 0 amide bonds. The lowest BCUT2D eigenvalue weighted by Crippen LogP contribution is -2.20. The van der Waals surface area contributed by atoms with Gasteiger partial charge in [0.2, 0.25) is 11.8 Å². The molecule has 0 aliphatic carbocycles. The number of ether oxygens (including phenoxy) is 2. The van der Waals surface area contributed by atoms with E-state index in [0.29, 0.717) is 33.9 Å². The molecule has 234 valence electrons. The molecule has 0 bridgehead atoms. The fourth-order valence-electron chi connectivity index (χ4n) is 5.05. The van der Waals surface area contributed by atoms with E-state index in [1.807, 2.05) is 48.5 Å². The van der Waals surface area contributed by atoms with Crippen LogP contribution in [0, 0.1) is 0 Å². The van der Waals surface area contributed by atoms with Crippen molar-refractivity contribution < 1.29 is 23.5 Å². The number of nitrogens with zero attached hydrogens (tertiary/aromatic N) is 5. The van der Waals surface area contributed by atoms with Crippen LogP contribution in [0.3, 0.4) is 0 Å². The zero-order valence-electron chi connectivity index (χ0n) is 25.7. The van der Waals surface area contributed by atoms with E-state index < -0.39 is 5.97 Å². The maximum atomic E-state index is 12.7. The summed E-state index contributed by atoms with van der Waals surface area (Å²) in [7, 11) is 1.75. The average molecular weight is 618 g/mol. The van der Waals surface area contributed by atoms with Gasteiger partial charge in [-0.2, -0.15) is 0 Å². The molecule has 2 heterocycles. The summed E-state index contributed by atoms with van der Waals surface area (Å²) in [6.07, 6.45) is 7.11. The maximum absolute atomic E-state index is 12.7. The van der Waals surface area contributed by atoms with Crippen molar-refractivity contribution in [2.24, 2.45) is 0 Å². The number of carbonyl (C=O) groups excluding carboxylic acids is 1. The first kappa shape index (κ1) is 30.7. The lowest BCUT2D eigenvalue weighted by Gasteiger charge is -2.08. The minimum absolute atomic E-state index is 0.346. The van der Waals surface area contributed by atoms with Gasteiger partial charge in [0.1, 0.15) is 16.8 Å². The van der Waals surface area contributed by atoms with Gasteiger partial charge in [0.25, 0.3) is 0 Å². The molecular formula is C36H35N5O5. The van der Waals surface area contributed by atoms with Crippen molar-refractivity contribution in [2.75, 3.05) is 20.3 Å². The normalized spacial score (nSPS) is 11.2. The molecule has 4 aromatic carbocycles. The first-order valence-electron chi connectivity index (χ1n) is 15.5. The van der Waals surface area contributed by atoms with Crippen LogP contribution in [-0.2, 0) is 4.74 Å². The highest BCUT2D eigenvalue weighted by Gasteiger charge is 2.15. The van der Waals surface area contributed by atoms with E-state index in [0.717, 1.165) is 53.3 Å². The number of hydrogen-bond donors (Lipinski definition) is 0. The molecule has 0 saturated carbocycles. The topological polar surface area (TPSA) is 114 Å². The van der Waals surface area contributed by atoms with Gasteiger partial charge in [-0.15, -0.1) is 15.3 Å². The van der Waals surface area contributed by atoms with Crippen LogP contribution in [0.4, 0.5) is 0 Å². The molecule has 0 aliphatic rings. The predicted octanol–water partition coefficient (Wildman–Crippen LogP) is 7.45. The van der Waals surface area contributed by atoms with Gasteiger partial charge >= 0.3 is 5.97 Å². The zero-order valence-corrected chi connectivity index (χ0v) is 25.7. The number of benzene rings is 4. The molecule has 0 radical (unpaired) electrons. The van der Waals surface area contributed by atoms with Crippen molar-refractivity contribution >= 4 is 17.0 Å².